The van der Waals surface area contributed by atoms with Crippen LogP contribution in [-0.2, 0) is 6.42 Å². The summed E-state index contributed by atoms with van der Waals surface area (Å²) in [7, 11) is 1.80. The average molecular weight is 354 g/mol. The molecule has 0 aliphatic heterocycles. The van der Waals surface area contributed by atoms with Gasteiger partial charge < -0.3 is 10.1 Å². The van der Waals surface area contributed by atoms with Gasteiger partial charge in [-0.3, -0.25) is 0 Å². The Balaban J connectivity index is 2.39. The van der Waals surface area contributed by atoms with Crippen molar-refractivity contribution in [2.75, 3.05) is 12.4 Å². The molecule has 0 amide bonds. The van der Waals surface area contributed by atoms with Crippen molar-refractivity contribution >= 4 is 21.7 Å². The first kappa shape index (κ1) is 15.7. The number of halogens is 2. The molecular weight excluding hydrogens is 337 g/mol. The molecule has 1 aromatic carbocycles. The molecule has 2 aromatic rings. The van der Waals surface area contributed by atoms with E-state index in [1.165, 1.54) is 12.1 Å². The minimum absolute atomic E-state index is 0.367. The SMILES string of the molecule is CCCc1nc(NC)c(C)c(Oc2cc(F)cc(Br)c2)n1. The van der Waals surface area contributed by atoms with Crippen LogP contribution in [0.4, 0.5) is 10.2 Å². The summed E-state index contributed by atoms with van der Waals surface area (Å²) in [6.07, 6.45) is 1.70. The van der Waals surface area contributed by atoms with Crippen molar-refractivity contribution in [2.45, 2.75) is 26.7 Å². The summed E-state index contributed by atoms with van der Waals surface area (Å²) in [6.45, 7) is 3.93. The Bertz CT molecular complexity index is 629. The van der Waals surface area contributed by atoms with Gasteiger partial charge in [-0.15, -0.1) is 0 Å². The highest BCUT2D eigenvalue weighted by Crippen LogP contribution is 2.29. The van der Waals surface area contributed by atoms with Crippen LogP contribution in [0.3, 0.4) is 0 Å². The molecule has 0 saturated heterocycles. The third kappa shape index (κ3) is 3.91. The molecule has 0 radical (unpaired) electrons. The summed E-state index contributed by atoms with van der Waals surface area (Å²) in [5, 5.41) is 3.03. The van der Waals surface area contributed by atoms with E-state index < -0.39 is 0 Å². The predicted molar refractivity (Wildman–Crippen MR) is 84.5 cm³/mol. The first-order chi connectivity index (χ1) is 10.0. The lowest BCUT2D eigenvalue weighted by Crippen LogP contribution is -2.05. The number of nitrogens with one attached hydrogen (secondary N) is 1. The molecule has 0 aliphatic rings. The summed E-state index contributed by atoms with van der Waals surface area (Å²) < 4.78 is 19.8. The molecule has 0 bridgehead atoms. The lowest BCUT2D eigenvalue weighted by atomic mass is 10.2. The molecule has 0 saturated carbocycles. The van der Waals surface area contributed by atoms with Gasteiger partial charge in [0.15, 0.2) is 0 Å². The van der Waals surface area contributed by atoms with Gasteiger partial charge in [-0.1, -0.05) is 22.9 Å². The number of anilines is 1. The fourth-order valence-electron chi connectivity index (χ4n) is 1.92. The maximum absolute atomic E-state index is 13.4. The van der Waals surface area contributed by atoms with E-state index in [1.54, 1.807) is 13.1 Å². The molecule has 2 rings (SSSR count). The monoisotopic (exact) mass is 353 g/mol. The highest BCUT2D eigenvalue weighted by atomic mass is 79.9. The van der Waals surface area contributed by atoms with Crippen molar-refractivity contribution in [1.29, 1.82) is 0 Å². The van der Waals surface area contributed by atoms with Crippen molar-refractivity contribution < 1.29 is 9.13 Å². The zero-order valence-electron chi connectivity index (χ0n) is 12.2. The Morgan fingerprint density at radius 2 is 2.05 bits per heavy atom. The minimum Gasteiger partial charge on any atom is -0.438 e. The molecule has 1 aromatic heterocycles. The van der Waals surface area contributed by atoms with Crippen LogP contribution in [-0.4, -0.2) is 17.0 Å². The summed E-state index contributed by atoms with van der Waals surface area (Å²) in [6, 6.07) is 4.40. The van der Waals surface area contributed by atoms with Gasteiger partial charge in [0.05, 0.1) is 5.56 Å². The van der Waals surface area contributed by atoms with Crippen LogP contribution in [0, 0.1) is 12.7 Å². The topological polar surface area (TPSA) is 47.0 Å². The molecule has 21 heavy (non-hydrogen) atoms. The third-order valence-electron chi connectivity index (χ3n) is 2.91. The van der Waals surface area contributed by atoms with Crippen LogP contribution in [0.2, 0.25) is 0 Å². The smallest absolute Gasteiger partial charge is 0.227 e. The van der Waals surface area contributed by atoms with E-state index in [0.717, 1.165) is 24.2 Å². The molecule has 0 spiro atoms. The summed E-state index contributed by atoms with van der Waals surface area (Å²) in [5.41, 5.74) is 0.790. The molecule has 1 N–H and O–H groups in total. The van der Waals surface area contributed by atoms with Gasteiger partial charge in [-0.2, -0.15) is 4.98 Å². The van der Waals surface area contributed by atoms with Crippen LogP contribution in [0.25, 0.3) is 0 Å². The molecule has 4 nitrogen and oxygen atoms in total. The zero-order valence-corrected chi connectivity index (χ0v) is 13.8. The van der Waals surface area contributed by atoms with Gasteiger partial charge in [0.25, 0.3) is 0 Å². The van der Waals surface area contributed by atoms with E-state index in [9.17, 15) is 4.39 Å². The molecule has 0 aliphatic carbocycles. The lowest BCUT2D eigenvalue weighted by molar-refractivity contribution is 0.450. The molecular formula is C15H17BrFN3O. The summed E-state index contributed by atoms with van der Waals surface area (Å²) in [5.74, 6) is 1.90. The molecule has 0 atom stereocenters. The summed E-state index contributed by atoms with van der Waals surface area (Å²) >= 11 is 3.25. The number of rotatable bonds is 5. The third-order valence-corrected chi connectivity index (χ3v) is 3.37. The van der Waals surface area contributed by atoms with Crippen molar-refractivity contribution in [2.24, 2.45) is 0 Å². The molecule has 6 heteroatoms. The van der Waals surface area contributed by atoms with E-state index in [-0.39, 0.29) is 5.82 Å². The fourth-order valence-corrected chi connectivity index (χ4v) is 2.36. The van der Waals surface area contributed by atoms with Crippen LogP contribution < -0.4 is 10.1 Å². The number of benzene rings is 1. The van der Waals surface area contributed by atoms with Crippen LogP contribution >= 0.6 is 15.9 Å². The van der Waals surface area contributed by atoms with E-state index in [2.05, 4.69) is 38.1 Å². The van der Waals surface area contributed by atoms with Crippen molar-refractivity contribution in [3.8, 4) is 11.6 Å². The van der Waals surface area contributed by atoms with Gasteiger partial charge in [0.2, 0.25) is 5.88 Å². The Morgan fingerprint density at radius 3 is 2.67 bits per heavy atom. The second-order valence-corrected chi connectivity index (χ2v) is 5.54. The number of aromatic nitrogens is 2. The maximum atomic E-state index is 13.4. The number of ether oxygens (including phenoxy) is 1. The fraction of sp³-hybridized carbons (Fsp3) is 0.333. The normalized spacial score (nSPS) is 10.5. The van der Waals surface area contributed by atoms with E-state index in [4.69, 9.17) is 4.74 Å². The number of aryl methyl sites for hydroxylation is 1. The largest absolute Gasteiger partial charge is 0.438 e. The minimum atomic E-state index is -0.367. The zero-order chi connectivity index (χ0) is 15.4. The number of hydrogen-bond acceptors (Lipinski definition) is 4. The van der Waals surface area contributed by atoms with Gasteiger partial charge in [-0.05, 0) is 25.5 Å². The second-order valence-electron chi connectivity index (χ2n) is 4.63. The Labute approximate surface area is 131 Å². The standard InChI is InChI=1S/C15H17BrFN3O/c1-4-5-13-19-14(18-3)9(2)15(20-13)21-12-7-10(16)6-11(17)8-12/h6-8H,4-5H2,1-3H3,(H,18,19,20). The van der Waals surface area contributed by atoms with E-state index in [1.807, 2.05) is 6.92 Å². The molecule has 0 unspecified atom stereocenters. The maximum Gasteiger partial charge on any atom is 0.227 e. The number of hydrogen-bond donors (Lipinski definition) is 1. The predicted octanol–water partition coefficient (Wildman–Crippen LogP) is 4.47. The van der Waals surface area contributed by atoms with Crippen molar-refractivity contribution in [3.63, 3.8) is 0 Å². The summed E-state index contributed by atoms with van der Waals surface area (Å²) in [4.78, 5) is 8.85. The van der Waals surface area contributed by atoms with Gasteiger partial charge >= 0.3 is 0 Å². The Hall–Kier alpha value is -1.69. The van der Waals surface area contributed by atoms with Crippen LogP contribution in [0.5, 0.6) is 11.6 Å². The highest BCUT2D eigenvalue weighted by Gasteiger charge is 2.12. The lowest BCUT2D eigenvalue weighted by Gasteiger charge is -2.13. The highest BCUT2D eigenvalue weighted by molar-refractivity contribution is 9.10. The molecule has 1 heterocycles. The van der Waals surface area contributed by atoms with Crippen molar-refractivity contribution in [1.82, 2.24) is 9.97 Å². The van der Waals surface area contributed by atoms with Crippen LogP contribution in [0.15, 0.2) is 22.7 Å². The average Bonchev–Trinajstić information content (AvgIpc) is 2.41. The first-order valence-electron chi connectivity index (χ1n) is 6.72. The first-order valence-corrected chi connectivity index (χ1v) is 7.52. The van der Waals surface area contributed by atoms with Crippen LogP contribution in [0.1, 0.15) is 24.7 Å². The van der Waals surface area contributed by atoms with Gasteiger partial charge in [0, 0.05) is 24.0 Å². The second kappa shape index (κ2) is 6.85. The van der Waals surface area contributed by atoms with Crippen molar-refractivity contribution in [3.05, 3.63) is 39.9 Å². The number of nitrogens with zero attached hydrogens (tertiary/aromatic N) is 2. The van der Waals surface area contributed by atoms with E-state index in [0.29, 0.717) is 21.9 Å². The van der Waals surface area contributed by atoms with Gasteiger partial charge in [0.1, 0.15) is 23.2 Å². The Morgan fingerprint density at radius 1 is 1.29 bits per heavy atom. The quantitative estimate of drug-likeness (QED) is 0.861. The van der Waals surface area contributed by atoms with E-state index >= 15 is 0 Å². The molecule has 112 valence electrons. The van der Waals surface area contributed by atoms with Gasteiger partial charge in [-0.25, -0.2) is 9.37 Å². The molecule has 0 fully saturated rings. The Kier molecular flexibility index (Phi) is 5.12.